The molecule has 2 rings (SSSR count). The first-order chi connectivity index (χ1) is 8.99. The lowest BCUT2D eigenvalue weighted by molar-refractivity contribution is 0.172. The van der Waals surface area contributed by atoms with Crippen LogP contribution >= 0.6 is 15.9 Å². The molecule has 100 valence electrons. The average molecular weight is 331 g/mol. The van der Waals surface area contributed by atoms with E-state index in [2.05, 4.69) is 15.9 Å². The van der Waals surface area contributed by atoms with Crippen LogP contribution in [0.2, 0.25) is 0 Å². The highest BCUT2D eigenvalue weighted by Crippen LogP contribution is 2.26. The summed E-state index contributed by atoms with van der Waals surface area (Å²) in [6.07, 6.45) is -1.14. The van der Waals surface area contributed by atoms with Crippen molar-refractivity contribution in [3.63, 3.8) is 0 Å². The third-order valence-corrected chi connectivity index (χ3v) is 3.54. The van der Waals surface area contributed by atoms with Crippen LogP contribution in [-0.4, -0.2) is 5.11 Å². The molecule has 0 saturated carbocycles. The van der Waals surface area contributed by atoms with Gasteiger partial charge in [-0.1, -0.05) is 34.1 Å². The predicted octanol–water partition coefficient (Wildman–Crippen LogP) is 4.14. The van der Waals surface area contributed by atoms with Gasteiger partial charge in [-0.3, -0.25) is 0 Å². The molecule has 0 heterocycles. The zero-order valence-corrected chi connectivity index (χ0v) is 11.3. The topological polar surface area (TPSA) is 20.2 Å². The Morgan fingerprint density at radius 1 is 1.00 bits per heavy atom. The molecule has 0 fully saturated rings. The van der Waals surface area contributed by atoms with E-state index in [1.54, 1.807) is 24.3 Å². The van der Waals surface area contributed by atoms with E-state index >= 15 is 0 Å². The van der Waals surface area contributed by atoms with E-state index < -0.39 is 23.6 Å². The zero-order valence-electron chi connectivity index (χ0n) is 9.71. The summed E-state index contributed by atoms with van der Waals surface area (Å²) in [5.41, 5.74) is 0.494. The monoisotopic (exact) mass is 330 g/mol. The second-order valence-electron chi connectivity index (χ2n) is 4.10. The van der Waals surface area contributed by atoms with Gasteiger partial charge in [0.2, 0.25) is 0 Å². The molecule has 0 spiro atoms. The van der Waals surface area contributed by atoms with E-state index in [4.69, 9.17) is 0 Å². The van der Waals surface area contributed by atoms with Crippen molar-refractivity contribution in [3.8, 4) is 0 Å². The molecule has 0 aliphatic rings. The van der Waals surface area contributed by atoms with Gasteiger partial charge in [-0.05, 0) is 17.7 Å². The number of hydrogen-bond donors (Lipinski definition) is 1. The third kappa shape index (κ3) is 3.16. The van der Waals surface area contributed by atoms with Crippen molar-refractivity contribution in [2.24, 2.45) is 0 Å². The van der Waals surface area contributed by atoms with Crippen molar-refractivity contribution < 1.29 is 18.3 Å². The first kappa shape index (κ1) is 14.1. The predicted molar refractivity (Wildman–Crippen MR) is 69.1 cm³/mol. The van der Waals surface area contributed by atoms with Crippen molar-refractivity contribution in [1.29, 1.82) is 0 Å². The van der Waals surface area contributed by atoms with Crippen molar-refractivity contribution in [3.05, 3.63) is 69.4 Å². The molecule has 1 atom stereocenters. The Morgan fingerprint density at radius 2 is 1.63 bits per heavy atom. The second-order valence-corrected chi connectivity index (χ2v) is 4.95. The minimum Gasteiger partial charge on any atom is -0.388 e. The molecule has 0 aliphatic heterocycles. The van der Waals surface area contributed by atoms with Gasteiger partial charge in [0.15, 0.2) is 11.6 Å². The first-order valence-electron chi connectivity index (χ1n) is 5.55. The van der Waals surface area contributed by atoms with E-state index in [-0.39, 0.29) is 12.0 Å². The Labute approximate surface area is 116 Å². The first-order valence-corrected chi connectivity index (χ1v) is 6.34. The number of aliphatic hydroxyl groups excluding tert-OH is 1. The summed E-state index contributed by atoms with van der Waals surface area (Å²) in [6, 6.07) is 8.24. The highest BCUT2D eigenvalue weighted by atomic mass is 79.9. The zero-order chi connectivity index (χ0) is 14.0. The Morgan fingerprint density at radius 3 is 2.32 bits per heavy atom. The average Bonchev–Trinajstić information content (AvgIpc) is 2.36. The molecule has 0 bridgehead atoms. The van der Waals surface area contributed by atoms with Crippen LogP contribution in [0.5, 0.6) is 0 Å². The minimum absolute atomic E-state index is 0.101. The molecule has 2 aromatic carbocycles. The fourth-order valence-corrected chi connectivity index (χ4v) is 2.22. The highest BCUT2D eigenvalue weighted by molar-refractivity contribution is 9.10. The Hall–Kier alpha value is -1.33. The summed E-state index contributed by atoms with van der Waals surface area (Å²) >= 11 is 3.30. The molecule has 0 aliphatic carbocycles. The van der Waals surface area contributed by atoms with Gasteiger partial charge in [0.25, 0.3) is 0 Å². The van der Waals surface area contributed by atoms with Gasteiger partial charge in [0.1, 0.15) is 5.82 Å². The van der Waals surface area contributed by atoms with Crippen LogP contribution in [0.15, 0.2) is 40.9 Å². The number of rotatable bonds is 3. The smallest absolute Gasteiger partial charge is 0.161 e. The molecule has 1 unspecified atom stereocenters. The molecular weight excluding hydrogens is 321 g/mol. The number of aliphatic hydroxyl groups is 1. The molecule has 0 saturated heterocycles. The van der Waals surface area contributed by atoms with Crippen LogP contribution in [0.1, 0.15) is 17.2 Å². The van der Waals surface area contributed by atoms with Gasteiger partial charge in [0, 0.05) is 22.5 Å². The molecule has 19 heavy (non-hydrogen) atoms. The number of hydrogen-bond acceptors (Lipinski definition) is 1. The van der Waals surface area contributed by atoms with E-state index in [9.17, 15) is 18.3 Å². The standard InChI is InChI=1S/C14H10BrF3O/c15-10-4-2-1-3-8(10)5-14(19)9-6-12(17)13(18)7-11(9)16/h1-4,6-7,14,19H,5H2. The van der Waals surface area contributed by atoms with E-state index in [0.717, 1.165) is 10.0 Å². The van der Waals surface area contributed by atoms with Gasteiger partial charge < -0.3 is 5.11 Å². The molecule has 0 amide bonds. The number of halogens is 4. The summed E-state index contributed by atoms with van der Waals surface area (Å²) in [4.78, 5) is 0. The third-order valence-electron chi connectivity index (χ3n) is 2.77. The van der Waals surface area contributed by atoms with Crippen LogP contribution in [-0.2, 0) is 6.42 Å². The van der Waals surface area contributed by atoms with Crippen LogP contribution in [0, 0.1) is 17.5 Å². The van der Waals surface area contributed by atoms with Crippen LogP contribution in [0.3, 0.4) is 0 Å². The largest absolute Gasteiger partial charge is 0.388 e. The normalized spacial score (nSPS) is 12.5. The van der Waals surface area contributed by atoms with E-state index in [1.807, 2.05) is 0 Å². The fraction of sp³-hybridized carbons (Fsp3) is 0.143. The lowest BCUT2D eigenvalue weighted by atomic mass is 10.0. The molecule has 0 aromatic heterocycles. The van der Waals surface area contributed by atoms with Gasteiger partial charge in [-0.15, -0.1) is 0 Å². The Balaban J connectivity index is 2.28. The lowest BCUT2D eigenvalue weighted by Crippen LogP contribution is -2.06. The fourth-order valence-electron chi connectivity index (χ4n) is 1.78. The van der Waals surface area contributed by atoms with Gasteiger partial charge in [0.05, 0.1) is 6.10 Å². The van der Waals surface area contributed by atoms with Crippen molar-refractivity contribution in [1.82, 2.24) is 0 Å². The van der Waals surface area contributed by atoms with E-state index in [0.29, 0.717) is 12.1 Å². The Bertz CT molecular complexity index is 601. The number of benzene rings is 2. The Kier molecular flexibility index (Phi) is 4.27. The molecule has 1 nitrogen and oxygen atoms in total. The molecular formula is C14H10BrF3O. The second kappa shape index (κ2) is 5.75. The quantitative estimate of drug-likeness (QED) is 0.838. The summed E-state index contributed by atoms with van der Waals surface area (Å²) in [5, 5.41) is 9.94. The van der Waals surface area contributed by atoms with Crippen molar-refractivity contribution >= 4 is 15.9 Å². The van der Waals surface area contributed by atoms with Gasteiger partial charge in [-0.2, -0.15) is 0 Å². The van der Waals surface area contributed by atoms with Crippen LogP contribution < -0.4 is 0 Å². The summed E-state index contributed by atoms with van der Waals surface area (Å²) < 4.78 is 40.2. The SMILES string of the molecule is OC(Cc1ccccc1Br)c1cc(F)c(F)cc1F. The molecule has 2 aromatic rings. The van der Waals surface area contributed by atoms with Crippen molar-refractivity contribution in [2.45, 2.75) is 12.5 Å². The molecule has 1 N–H and O–H groups in total. The van der Waals surface area contributed by atoms with Crippen LogP contribution in [0.25, 0.3) is 0 Å². The van der Waals surface area contributed by atoms with Gasteiger partial charge >= 0.3 is 0 Å². The minimum atomic E-state index is -1.27. The maximum Gasteiger partial charge on any atom is 0.161 e. The van der Waals surface area contributed by atoms with Crippen LogP contribution in [0.4, 0.5) is 13.2 Å². The summed E-state index contributed by atoms with van der Waals surface area (Å²) in [7, 11) is 0. The highest BCUT2D eigenvalue weighted by Gasteiger charge is 2.18. The molecule has 5 heteroatoms. The summed E-state index contributed by atoms with van der Waals surface area (Å²) in [6.45, 7) is 0. The van der Waals surface area contributed by atoms with E-state index in [1.165, 1.54) is 0 Å². The maximum absolute atomic E-state index is 13.5. The molecule has 0 radical (unpaired) electrons. The van der Waals surface area contributed by atoms with Gasteiger partial charge in [-0.25, -0.2) is 13.2 Å². The summed E-state index contributed by atoms with van der Waals surface area (Å²) in [5.74, 6) is -3.41. The lowest BCUT2D eigenvalue weighted by Gasteiger charge is -2.13. The maximum atomic E-state index is 13.5. The van der Waals surface area contributed by atoms with Crippen molar-refractivity contribution in [2.75, 3.05) is 0 Å².